The van der Waals surface area contributed by atoms with E-state index in [1.807, 2.05) is 0 Å². The molecule has 0 N–H and O–H groups in total. The average Bonchev–Trinajstić information content (AvgIpc) is 2.45. The van der Waals surface area contributed by atoms with Gasteiger partial charge in [0.2, 0.25) is 5.69 Å². The zero-order chi connectivity index (χ0) is 14.6. The molecule has 0 saturated carbocycles. The number of nitrogens with zero attached hydrogens (tertiary/aromatic N) is 1. The molecule has 2 heterocycles. The molecule has 0 radical (unpaired) electrons. The van der Waals surface area contributed by atoms with Gasteiger partial charge in [0.25, 0.3) is 0 Å². The number of aryl methyl sites for hydroxylation is 1. The van der Waals surface area contributed by atoms with Crippen LogP contribution in [0.1, 0.15) is 25.0 Å². The molecule has 104 valence electrons. The maximum atomic E-state index is 2.45. The lowest BCUT2D eigenvalue weighted by Crippen LogP contribution is -2.57. The Hall–Kier alpha value is -2.15. The van der Waals surface area contributed by atoms with Crippen LogP contribution in [0.15, 0.2) is 54.7 Å². The van der Waals surface area contributed by atoms with Gasteiger partial charge in [-0.1, -0.05) is 35.9 Å². The predicted molar refractivity (Wildman–Crippen MR) is 87.3 cm³/mol. The Morgan fingerprint density at radius 3 is 2.67 bits per heavy atom. The summed E-state index contributed by atoms with van der Waals surface area (Å²) in [6.45, 7) is 6.81. The van der Waals surface area contributed by atoms with Crippen molar-refractivity contribution in [1.82, 2.24) is 0 Å². The van der Waals surface area contributed by atoms with Crippen LogP contribution in [0.3, 0.4) is 0 Å². The molecule has 0 spiro atoms. The highest BCUT2D eigenvalue weighted by molar-refractivity contribution is 5.94. The summed E-state index contributed by atoms with van der Waals surface area (Å²) in [6.07, 6.45) is 3.34. The molecule has 0 fully saturated rings. The van der Waals surface area contributed by atoms with Gasteiger partial charge in [0, 0.05) is 26.3 Å². The van der Waals surface area contributed by atoms with Gasteiger partial charge in [-0.25, -0.2) is 0 Å². The summed E-state index contributed by atoms with van der Waals surface area (Å²) in [5.74, 6) is 0. The van der Waals surface area contributed by atoms with E-state index in [2.05, 4.69) is 80.1 Å². The van der Waals surface area contributed by atoms with Gasteiger partial charge < -0.3 is 0 Å². The van der Waals surface area contributed by atoms with Crippen molar-refractivity contribution in [1.29, 1.82) is 0 Å². The first-order chi connectivity index (χ1) is 10.1. The number of pyridine rings is 1. The largest absolute Gasteiger partial charge is 0.221 e. The van der Waals surface area contributed by atoms with Crippen molar-refractivity contribution in [2.75, 3.05) is 0 Å². The molecule has 1 aromatic heterocycles. The smallest absolute Gasteiger partial charge is 0.193 e. The van der Waals surface area contributed by atoms with Crippen molar-refractivity contribution in [2.45, 2.75) is 32.7 Å². The molecule has 0 atom stereocenters. The minimum Gasteiger partial charge on any atom is -0.193 e. The molecule has 2 aromatic carbocycles. The van der Waals surface area contributed by atoms with E-state index in [9.17, 15) is 0 Å². The molecular weight excluding hydrogens is 254 g/mol. The molecule has 0 aliphatic carbocycles. The van der Waals surface area contributed by atoms with Gasteiger partial charge in [-0.15, -0.1) is 0 Å². The van der Waals surface area contributed by atoms with Crippen molar-refractivity contribution in [3.05, 3.63) is 65.9 Å². The van der Waals surface area contributed by atoms with Gasteiger partial charge in [-0.05, 0) is 30.0 Å². The molecule has 21 heavy (non-hydrogen) atoms. The SMILES string of the molecule is Cc1ccc2c3[n+](ccc2c1)C(C)(C)Cc1ccccc1-3. The van der Waals surface area contributed by atoms with E-state index in [1.54, 1.807) is 0 Å². The summed E-state index contributed by atoms with van der Waals surface area (Å²) in [7, 11) is 0. The maximum absolute atomic E-state index is 2.45. The lowest BCUT2D eigenvalue weighted by Gasteiger charge is -2.28. The number of rotatable bonds is 0. The molecule has 4 rings (SSSR count). The van der Waals surface area contributed by atoms with Crippen molar-refractivity contribution in [3.8, 4) is 11.3 Å². The molecule has 1 nitrogen and oxygen atoms in total. The molecule has 0 amide bonds. The zero-order valence-corrected chi connectivity index (χ0v) is 12.9. The van der Waals surface area contributed by atoms with Crippen LogP contribution in [0.5, 0.6) is 0 Å². The molecule has 0 unspecified atom stereocenters. The third kappa shape index (κ3) is 1.80. The van der Waals surface area contributed by atoms with Gasteiger partial charge in [0.1, 0.15) is 0 Å². The highest BCUT2D eigenvalue weighted by Crippen LogP contribution is 2.36. The second-order valence-corrected chi connectivity index (χ2v) is 6.77. The lowest BCUT2D eigenvalue weighted by atomic mass is 9.84. The highest BCUT2D eigenvalue weighted by Gasteiger charge is 2.38. The minimum absolute atomic E-state index is 0.114. The van der Waals surface area contributed by atoms with Crippen LogP contribution in [0.25, 0.3) is 22.0 Å². The monoisotopic (exact) mass is 274 g/mol. The van der Waals surface area contributed by atoms with Crippen LogP contribution in [0.2, 0.25) is 0 Å². The molecular formula is C20H20N+. The van der Waals surface area contributed by atoms with Gasteiger partial charge in [0.05, 0.1) is 10.9 Å². The zero-order valence-electron chi connectivity index (χ0n) is 12.9. The fraction of sp³-hybridized carbons (Fsp3) is 0.250. The average molecular weight is 274 g/mol. The van der Waals surface area contributed by atoms with Crippen molar-refractivity contribution in [3.63, 3.8) is 0 Å². The van der Waals surface area contributed by atoms with E-state index >= 15 is 0 Å². The van der Waals surface area contributed by atoms with Gasteiger partial charge >= 0.3 is 0 Å². The predicted octanol–water partition coefficient (Wildman–Crippen LogP) is 4.39. The minimum atomic E-state index is 0.114. The Kier molecular flexibility index (Phi) is 2.50. The van der Waals surface area contributed by atoms with Crippen molar-refractivity contribution in [2.24, 2.45) is 0 Å². The third-order valence-corrected chi connectivity index (χ3v) is 4.65. The molecule has 1 aliphatic rings. The Morgan fingerprint density at radius 1 is 1.00 bits per heavy atom. The van der Waals surface area contributed by atoms with E-state index < -0.39 is 0 Å². The maximum Gasteiger partial charge on any atom is 0.221 e. The molecule has 3 aromatic rings. The molecule has 1 aliphatic heterocycles. The first-order valence-corrected chi connectivity index (χ1v) is 7.60. The second kappa shape index (κ2) is 4.17. The van der Waals surface area contributed by atoms with Crippen LogP contribution >= 0.6 is 0 Å². The van der Waals surface area contributed by atoms with E-state index in [0.717, 1.165) is 6.42 Å². The lowest BCUT2D eigenvalue weighted by molar-refractivity contribution is -0.748. The Labute approximate surface area is 125 Å². The first kappa shape index (κ1) is 12.6. The fourth-order valence-electron chi connectivity index (χ4n) is 3.63. The Balaban J connectivity index is 2.17. The fourth-order valence-corrected chi connectivity index (χ4v) is 3.63. The summed E-state index contributed by atoms with van der Waals surface area (Å²) in [6, 6.07) is 17.8. The second-order valence-electron chi connectivity index (χ2n) is 6.77. The van der Waals surface area contributed by atoms with Crippen LogP contribution in [0, 0.1) is 6.92 Å². The summed E-state index contributed by atoms with van der Waals surface area (Å²) >= 11 is 0. The van der Waals surface area contributed by atoms with E-state index in [0.29, 0.717) is 0 Å². The van der Waals surface area contributed by atoms with Crippen LogP contribution in [0.4, 0.5) is 0 Å². The normalized spacial score (nSPS) is 15.6. The number of hydrogen-bond acceptors (Lipinski definition) is 0. The first-order valence-electron chi connectivity index (χ1n) is 7.60. The van der Waals surface area contributed by atoms with Crippen molar-refractivity contribution < 1.29 is 4.57 Å². The molecule has 1 heteroatoms. The number of aromatic nitrogens is 1. The summed E-state index contributed by atoms with van der Waals surface area (Å²) < 4.78 is 2.45. The van der Waals surface area contributed by atoms with Gasteiger partial charge in [-0.2, -0.15) is 4.57 Å². The van der Waals surface area contributed by atoms with E-state index in [4.69, 9.17) is 0 Å². The van der Waals surface area contributed by atoms with Crippen molar-refractivity contribution >= 4 is 10.8 Å². The highest BCUT2D eigenvalue weighted by atomic mass is 15.1. The van der Waals surface area contributed by atoms with Crippen LogP contribution in [-0.2, 0) is 12.0 Å². The van der Waals surface area contributed by atoms with E-state index in [1.165, 1.54) is 33.2 Å². The Morgan fingerprint density at radius 2 is 1.81 bits per heavy atom. The number of benzene rings is 2. The quantitative estimate of drug-likeness (QED) is 0.535. The van der Waals surface area contributed by atoms with Gasteiger partial charge in [0.15, 0.2) is 11.7 Å². The topological polar surface area (TPSA) is 3.88 Å². The summed E-state index contributed by atoms with van der Waals surface area (Å²) in [4.78, 5) is 0. The van der Waals surface area contributed by atoms with E-state index in [-0.39, 0.29) is 5.54 Å². The number of hydrogen-bond donors (Lipinski definition) is 0. The van der Waals surface area contributed by atoms with Crippen LogP contribution < -0.4 is 4.57 Å². The third-order valence-electron chi connectivity index (χ3n) is 4.65. The molecule has 0 saturated heterocycles. The van der Waals surface area contributed by atoms with Crippen LogP contribution in [-0.4, -0.2) is 0 Å². The standard InChI is InChI=1S/C20H20N/c1-14-8-9-18-15(12-14)10-11-21-19(18)17-7-5-4-6-16(17)13-20(21,2)3/h4-12H,13H2,1-3H3/q+1. The number of fused-ring (bicyclic) bond motifs is 5. The summed E-state index contributed by atoms with van der Waals surface area (Å²) in [5, 5.41) is 2.68. The Bertz CT molecular complexity index is 859. The molecule has 0 bridgehead atoms. The summed E-state index contributed by atoms with van der Waals surface area (Å²) in [5.41, 5.74) is 5.62. The van der Waals surface area contributed by atoms with Gasteiger partial charge in [-0.3, -0.25) is 0 Å².